The zero-order valence-corrected chi connectivity index (χ0v) is 20.3. The summed E-state index contributed by atoms with van der Waals surface area (Å²) in [6.45, 7) is 2.57. The van der Waals surface area contributed by atoms with E-state index in [0.29, 0.717) is 29.6 Å². The van der Waals surface area contributed by atoms with Crippen LogP contribution >= 0.6 is 11.6 Å². The highest BCUT2D eigenvalue weighted by Crippen LogP contribution is 2.26. The lowest BCUT2D eigenvalue weighted by atomic mass is 9.86. The maximum Gasteiger partial charge on any atom is 0.252 e. The predicted molar refractivity (Wildman–Crippen MR) is 135 cm³/mol. The Hall–Kier alpha value is -3.43. The molecule has 9 nitrogen and oxygen atoms in total. The number of H-pyrrole nitrogens is 1. The molecule has 2 heterocycles. The van der Waals surface area contributed by atoms with Gasteiger partial charge in [0.25, 0.3) is 5.91 Å². The van der Waals surface area contributed by atoms with Crippen molar-refractivity contribution in [1.82, 2.24) is 20.2 Å². The Morgan fingerprint density at radius 3 is 2.60 bits per heavy atom. The Morgan fingerprint density at radius 1 is 1.17 bits per heavy atom. The quantitative estimate of drug-likeness (QED) is 0.398. The largest absolute Gasteiger partial charge is 0.341 e. The van der Waals surface area contributed by atoms with Gasteiger partial charge in [0.05, 0.1) is 24.0 Å². The molecule has 4 rings (SSSR count). The Morgan fingerprint density at radius 2 is 1.91 bits per heavy atom. The molecule has 0 radical (unpaired) electrons. The molecule has 0 atom stereocenters. The number of aryl methyl sites for hydroxylation is 1. The van der Waals surface area contributed by atoms with Crippen molar-refractivity contribution in [3.05, 3.63) is 58.6 Å². The second-order valence-corrected chi connectivity index (χ2v) is 9.14. The third-order valence-corrected chi connectivity index (χ3v) is 6.82. The van der Waals surface area contributed by atoms with E-state index >= 15 is 0 Å². The fourth-order valence-corrected chi connectivity index (χ4v) is 4.57. The number of carbonyl (C=O) groups excluding carboxylic acids is 3. The first-order valence-corrected chi connectivity index (χ1v) is 12.0. The van der Waals surface area contributed by atoms with E-state index in [1.807, 2.05) is 18.2 Å². The van der Waals surface area contributed by atoms with Crippen molar-refractivity contribution in [2.24, 2.45) is 5.73 Å². The summed E-state index contributed by atoms with van der Waals surface area (Å²) >= 11 is 6.22. The Balaban J connectivity index is 1.55. The summed E-state index contributed by atoms with van der Waals surface area (Å²) in [5, 5.41) is 6.27. The number of aromatic nitrogens is 2. The highest BCUT2D eigenvalue weighted by molar-refractivity contribution is 6.31. The van der Waals surface area contributed by atoms with E-state index in [-0.39, 0.29) is 43.5 Å². The number of aromatic amines is 1. The molecule has 0 bridgehead atoms. The summed E-state index contributed by atoms with van der Waals surface area (Å²) in [6.07, 6.45) is 1.41. The van der Waals surface area contributed by atoms with Gasteiger partial charge in [0.2, 0.25) is 17.8 Å². The summed E-state index contributed by atoms with van der Waals surface area (Å²) < 4.78 is 0. The molecule has 10 heteroatoms. The number of fused-ring (bicyclic) bond motifs is 1. The van der Waals surface area contributed by atoms with Crippen LogP contribution in [0, 0.1) is 0 Å². The number of nitrogens with zero attached hydrogens (tertiary/aromatic N) is 2. The molecule has 0 unspecified atom stereocenters. The van der Waals surface area contributed by atoms with E-state index in [1.165, 1.54) is 0 Å². The number of hydrogen-bond acceptors (Lipinski definition) is 5. The van der Waals surface area contributed by atoms with E-state index < -0.39 is 5.54 Å². The summed E-state index contributed by atoms with van der Waals surface area (Å²) in [7, 11) is 0. The first kappa shape index (κ1) is 24.7. The van der Waals surface area contributed by atoms with Crippen LogP contribution in [-0.4, -0.2) is 57.8 Å². The molecule has 35 heavy (non-hydrogen) atoms. The monoisotopic (exact) mass is 496 g/mol. The maximum atomic E-state index is 13.6. The average Bonchev–Trinajstić information content (AvgIpc) is 3.26. The standard InChI is InChI=1S/C25H29ClN6O3/c1-2-16-7-8-19-20(13-16)29-24(28-19)30-23(35)25(9-11-32(12-10-25)22(34)15-27)31-21(33)14-17-5-3-4-6-18(17)26/h3-8,13H,2,9-12,14-15,27H2,1H3,(H,31,33)(H2,28,29,30,35). The van der Waals surface area contributed by atoms with Gasteiger partial charge in [0.15, 0.2) is 0 Å². The number of amides is 3. The number of likely N-dealkylation sites (tertiary alicyclic amines) is 1. The molecule has 0 saturated carbocycles. The van der Waals surface area contributed by atoms with Crippen molar-refractivity contribution in [3.63, 3.8) is 0 Å². The van der Waals surface area contributed by atoms with Gasteiger partial charge in [-0.2, -0.15) is 0 Å². The van der Waals surface area contributed by atoms with Gasteiger partial charge < -0.3 is 20.9 Å². The number of piperidine rings is 1. The molecule has 5 N–H and O–H groups in total. The number of nitrogens with two attached hydrogens (primary N) is 1. The lowest BCUT2D eigenvalue weighted by molar-refractivity contribution is -0.137. The zero-order valence-electron chi connectivity index (χ0n) is 19.6. The smallest absolute Gasteiger partial charge is 0.252 e. The summed E-state index contributed by atoms with van der Waals surface area (Å²) in [6, 6.07) is 13.0. The van der Waals surface area contributed by atoms with Crippen LogP contribution in [0.1, 0.15) is 30.9 Å². The van der Waals surface area contributed by atoms with Crippen LogP contribution in [0.15, 0.2) is 42.5 Å². The lowest BCUT2D eigenvalue weighted by Gasteiger charge is -2.40. The van der Waals surface area contributed by atoms with Gasteiger partial charge in [-0.1, -0.05) is 42.8 Å². The van der Waals surface area contributed by atoms with Gasteiger partial charge in [0.1, 0.15) is 5.54 Å². The van der Waals surface area contributed by atoms with E-state index in [4.69, 9.17) is 17.3 Å². The number of anilines is 1. The normalized spacial score (nSPS) is 15.1. The lowest BCUT2D eigenvalue weighted by Crippen LogP contribution is -2.62. The predicted octanol–water partition coefficient (Wildman–Crippen LogP) is 2.40. The third kappa shape index (κ3) is 5.47. The third-order valence-electron chi connectivity index (χ3n) is 6.45. The minimum atomic E-state index is -1.21. The number of rotatable bonds is 7. The number of benzene rings is 2. The van der Waals surface area contributed by atoms with Gasteiger partial charge in [-0.25, -0.2) is 4.98 Å². The molecule has 184 valence electrons. The summed E-state index contributed by atoms with van der Waals surface area (Å²) in [5.74, 6) is -0.604. The van der Waals surface area contributed by atoms with Gasteiger partial charge in [-0.3, -0.25) is 19.7 Å². The molecule has 1 aromatic heterocycles. The zero-order chi connectivity index (χ0) is 25.0. The minimum Gasteiger partial charge on any atom is -0.341 e. The molecule has 2 aromatic carbocycles. The van der Waals surface area contributed by atoms with Gasteiger partial charge >= 0.3 is 0 Å². The molecule has 1 fully saturated rings. The second kappa shape index (κ2) is 10.5. The topological polar surface area (TPSA) is 133 Å². The first-order valence-electron chi connectivity index (χ1n) is 11.7. The van der Waals surface area contributed by atoms with Crippen LogP contribution in [0.4, 0.5) is 5.95 Å². The highest BCUT2D eigenvalue weighted by atomic mass is 35.5. The molecular formula is C25H29ClN6O3. The molecule has 0 aliphatic carbocycles. The fraction of sp³-hybridized carbons (Fsp3) is 0.360. The van der Waals surface area contributed by atoms with Crippen LogP contribution in [0.5, 0.6) is 0 Å². The number of hydrogen-bond donors (Lipinski definition) is 4. The fourth-order valence-electron chi connectivity index (χ4n) is 4.36. The maximum absolute atomic E-state index is 13.6. The van der Waals surface area contributed by atoms with Gasteiger partial charge in [-0.15, -0.1) is 0 Å². The van der Waals surface area contributed by atoms with Crippen LogP contribution in [0.25, 0.3) is 11.0 Å². The van der Waals surface area contributed by atoms with E-state index in [2.05, 4.69) is 27.5 Å². The van der Waals surface area contributed by atoms with E-state index in [9.17, 15) is 14.4 Å². The van der Waals surface area contributed by atoms with Crippen molar-refractivity contribution in [2.75, 3.05) is 25.0 Å². The Labute approximate surface area is 208 Å². The van der Waals surface area contributed by atoms with Crippen molar-refractivity contribution >= 4 is 46.3 Å². The molecule has 0 spiro atoms. The summed E-state index contributed by atoms with van der Waals surface area (Å²) in [4.78, 5) is 47.8. The van der Waals surface area contributed by atoms with Crippen LogP contribution in [0.3, 0.4) is 0 Å². The molecule has 1 aliphatic heterocycles. The highest BCUT2D eigenvalue weighted by Gasteiger charge is 2.43. The molecule has 1 aliphatic rings. The van der Waals surface area contributed by atoms with Crippen molar-refractivity contribution < 1.29 is 14.4 Å². The van der Waals surface area contributed by atoms with E-state index in [1.54, 1.807) is 29.2 Å². The van der Waals surface area contributed by atoms with Gasteiger partial charge in [0, 0.05) is 18.1 Å². The number of carbonyl (C=O) groups is 3. The average molecular weight is 497 g/mol. The molecule has 3 aromatic rings. The molecule has 3 amide bonds. The van der Waals surface area contributed by atoms with Crippen molar-refractivity contribution in [1.29, 1.82) is 0 Å². The van der Waals surface area contributed by atoms with Crippen molar-refractivity contribution in [3.8, 4) is 0 Å². The van der Waals surface area contributed by atoms with Gasteiger partial charge in [-0.05, 0) is 48.6 Å². The molecule has 1 saturated heterocycles. The minimum absolute atomic E-state index is 0.0323. The first-order chi connectivity index (χ1) is 16.8. The number of halogens is 1. The molecular weight excluding hydrogens is 468 g/mol. The second-order valence-electron chi connectivity index (χ2n) is 8.73. The van der Waals surface area contributed by atoms with Crippen LogP contribution < -0.4 is 16.4 Å². The Bertz CT molecular complexity index is 1250. The van der Waals surface area contributed by atoms with E-state index in [0.717, 1.165) is 23.0 Å². The van der Waals surface area contributed by atoms with Crippen LogP contribution in [-0.2, 0) is 27.2 Å². The van der Waals surface area contributed by atoms with Crippen molar-refractivity contribution in [2.45, 2.75) is 38.1 Å². The number of nitrogens with one attached hydrogen (secondary N) is 3. The van der Waals surface area contributed by atoms with Crippen LogP contribution in [0.2, 0.25) is 5.02 Å². The SMILES string of the molecule is CCc1ccc2nc(NC(=O)C3(NC(=O)Cc4ccccc4Cl)CCN(C(=O)CN)CC3)[nH]c2c1. The summed E-state index contributed by atoms with van der Waals surface area (Å²) in [5.41, 5.74) is 7.67. The Kier molecular flexibility index (Phi) is 7.37. The number of imidazole rings is 1.